The van der Waals surface area contributed by atoms with E-state index in [-0.39, 0.29) is 23.4 Å². The molecule has 1 N–H and O–H groups in total. The number of halogens is 3. The summed E-state index contributed by atoms with van der Waals surface area (Å²) in [7, 11) is -4.20. The summed E-state index contributed by atoms with van der Waals surface area (Å²) in [6.45, 7) is 5.15. The maximum atomic E-state index is 14.3. The molecule has 43 heavy (non-hydrogen) atoms. The first-order chi connectivity index (χ1) is 20.4. The molecule has 0 saturated heterocycles. The van der Waals surface area contributed by atoms with Gasteiger partial charge in [-0.05, 0) is 98.3 Å². The number of rotatable bonds is 11. The molecule has 230 valence electrons. The van der Waals surface area contributed by atoms with Gasteiger partial charge >= 0.3 is 0 Å². The molecule has 0 bridgehead atoms. The van der Waals surface area contributed by atoms with Crippen LogP contribution in [0.3, 0.4) is 0 Å². The lowest BCUT2D eigenvalue weighted by Gasteiger charge is -2.34. The lowest BCUT2D eigenvalue weighted by Crippen LogP contribution is -2.53. The molecule has 1 atom stereocenters. The molecule has 0 aromatic heterocycles. The van der Waals surface area contributed by atoms with Gasteiger partial charge in [-0.2, -0.15) is 0 Å². The van der Waals surface area contributed by atoms with Gasteiger partial charge in [0.1, 0.15) is 12.6 Å². The van der Waals surface area contributed by atoms with Crippen LogP contribution in [0.25, 0.3) is 0 Å². The Hall–Kier alpha value is -2.78. The van der Waals surface area contributed by atoms with Gasteiger partial charge in [0.25, 0.3) is 10.0 Å². The van der Waals surface area contributed by atoms with E-state index in [1.54, 1.807) is 30.3 Å². The number of nitrogens with one attached hydrogen (secondary N) is 1. The fourth-order valence-corrected chi connectivity index (χ4v) is 7.12. The molecule has 0 aliphatic heterocycles. The first-order valence-electron chi connectivity index (χ1n) is 14.3. The number of aryl methyl sites for hydroxylation is 2. The number of nitrogens with zero attached hydrogens (tertiary/aromatic N) is 2. The Morgan fingerprint density at radius 2 is 1.58 bits per heavy atom. The third-order valence-electron chi connectivity index (χ3n) is 7.88. The van der Waals surface area contributed by atoms with E-state index in [1.807, 2.05) is 26.8 Å². The molecule has 1 aliphatic carbocycles. The molecule has 0 unspecified atom stereocenters. The lowest BCUT2D eigenvalue weighted by atomic mass is 10.1. The number of anilines is 1. The zero-order valence-electron chi connectivity index (χ0n) is 24.4. The minimum absolute atomic E-state index is 0.00928. The molecule has 1 fully saturated rings. The molecular formula is C32H36Cl3N3O4S. The van der Waals surface area contributed by atoms with Gasteiger partial charge in [0, 0.05) is 17.6 Å². The highest BCUT2D eigenvalue weighted by atomic mass is 35.5. The SMILES string of the molecule is CC[C@@H](C(=O)NC1CCCC1)N(Cc1ccc(Cl)c(Cl)c1)C(=O)CN(c1ccc(C)c(C)c1)S(=O)(=O)c1ccc(Cl)cc1. The molecule has 2 amide bonds. The van der Waals surface area contributed by atoms with Crippen LogP contribution in [-0.2, 0) is 26.2 Å². The Kier molecular flexibility index (Phi) is 11.0. The van der Waals surface area contributed by atoms with Crippen molar-refractivity contribution in [3.05, 3.63) is 92.4 Å². The third-order valence-corrected chi connectivity index (χ3v) is 10.7. The van der Waals surface area contributed by atoms with Crippen LogP contribution in [0, 0.1) is 13.8 Å². The lowest BCUT2D eigenvalue weighted by molar-refractivity contribution is -0.140. The van der Waals surface area contributed by atoms with E-state index in [0.717, 1.165) is 41.1 Å². The second kappa shape index (κ2) is 14.3. The summed E-state index contributed by atoms with van der Waals surface area (Å²) in [5.74, 6) is -0.795. The summed E-state index contributed by atoms with van der Waals surface area (Å²) >= 11 is 18.5. The van der Waals surface area contributed by atoms with Gasteiger partial charge < -0.3 is 10.2 Å². The van der Waals surface area contributed by atoms with Crippen molar-refractivity contribution in [2.75, 3.05) is 10.8 Å². The molecule has 3 aromatic rings. The molecule has 0 spiro atoms. The Balaban J connectivity index is 1.74. The molecule has 1 aliphatic rings. The van der Waals surface area contributed by atoms with E-state index in [2.05, 4.69) is 5.32 Å². The number of sulfonamides is 1. The maximum absolute atomic E-state index is 14.3. The molecule has 7 nitrogen and oxygen atoms in total. The molecule has 4 rings (SSSR count). The third kappa shape index (κ3) is 8.04. The Labute approximate surface area is 269 Å². The van der Waals surface area contributed by atoms with Crippen LogP contribution >= 0.6 is 34.8 Å². The molecule has 0 radical (unpaired) electrons. The fourth-order valence-electron chi connectivity index (χ4n) is 5.26. The van der Waals surface area contributed by atoms with E-state index < -0.39 is 28.5 Å². The van der Waals surface area contributed by atoms with Gasteiger partial charge in [-0.25, -0.2) is 8.42 Å². The topological polar surface area (TPSA) is 86.8 Å². The quantitative estimate of drug-likeness (QED) is 0.233. The predicted molar refractivity (Wildman–Crippen MR) is 173 cm³/mol. The van der Waals surface area contributed by atoms with Crippen molar-refractivity contribution < 1.29 is 18.0 Å². The Morgan fingerprint density at radius 1 is 0.907 bits per heavy atom. The zero-order chi connectivity index (χ0) is 31.3. The van der Waals surface area contributed by atoms with Crippen LogP contribution in [-0.4, -0.2) is 43.8 Å². The van der Waals surface area contributed by atoms with Crippen molar-refractivity contribution in [1.29, 1.82) is 0 Å². The van der Waals surface area contributed by atoms with Gasteiger partial charge in [0.05, 0.1) is 20.6 Å². The number of hydrogen-bond acceptors (Lipinski definition) is 4. The first-order valence-corrected chi connectivity index (χ1v) is 16.9. The van der Waals surface area contributed by atoms with E-state index in [1.165, 1.54) is 29.2 Å². The van der Waals surface area contributed by atoms with Gasteiger partial charge in [0.2, 0.25) is 11.8 Å². The second-order valence-corrected chi connectivity index (χ2v) is 14.0. The normalized spacial score (nSPS) is 14.4. The van der Waals surface area contributed by atoms with Crippen LogP contribution in [0.2, 0.25) is 15.1 Å². The van der Waals surface area contributed by atoms with Crippen LogP contribution < -0.4 is 9.62 Å². The Bertz CT molecular complexity index is 1580. The van der Waals surface area contributed by atoms with E-state index >= 15 is 0 Å². The van der Waals surface area contributed by atoms with E-state index in [9.17, 15) is 18.0 Å². The van der Waals surface area contributed by atoms with Gasteiger partial charge in [-0.3, -0.25) is 13.9 Å². The summed E-state index contributed by atoms with van der Waals surface area (Å²) < 4.78 is 29.2. The number of amides is 2. The van der Waals surface area contributed by atoms with Crippen molar-refractivity contribution in [2.45, 2.75) is 76.4 Å². The van der Waals surface area contributed by atoms with Crippen molar-refractivity contribution >= 4 is 62.3 Å². The van der Waals surface area contributed by atoms with E-state index in [4.69, 9.17) is 34.8 Å². The zero-order valence-corrected chi connectivity index (χ0v) is 27.5. The highest BCUT2D eigenvalue weighted by Crippen LogP contribution is 2.29. The number of carbonyl (C=O) groups excluding carboxylic acids is 2. The van der Waals surface area contributed by atoms with Crippen molar-refractivity contribution in [3.63, 3.8) is 0 Å². The highest BCUT2D eigenvalue weighted by molar-refractivity contribution is 7.92. The fraction of sp³-hybridized carbons (Fsp3) is 0.375. The summed E-state index contributed by atoms with van der Waals surface area (Å²) in [6.07, 6.45) is 4.20. The van der Waals surface area contributed by atoms with E-state index in [0.29, 0.717) is 32.7 Å². The minimum atomic E-state index is -4.20. The van der Waals surface area contributed by atoms with Crippen molar-refractivity contribution in [2.24, 2.45) is 0 Å². The average Bonchev–Trinajstić information content (AvgIpc) is 3.48. The molecular weight excluding hydrogens is 629 g/mol. The monoisotopic (exact) mass is 663 g/mol. The maximum Gasteiger partial charge on any atom is 0.264 e. The summed E-state index contributed by atoms with van der Waals surface area (Å²) in [6, 6.07) is 15.3. The van der Waals surface area contributed by atoms with Crippen LogP contribution in [0.5, 0.6) is 0 Å². The van der Waals surface area contributed by atoms with Crippen LogP contribution in [0.1, 0.15) is 55.7 Å². The van der Waals surface area contributed by atoms with Crippen LogP contribution in [0.15, 0.2) is 65.6 Å². The molecule has 3 aromatic carbocycles. The minimum Gasteiger partial charge on any atom is -0.352 e. The first kappa shape index (κ1) is 33.1. The average molecular weight is 665 g/mol. The van der Waals surface area contributed by atoms with Crippen molar-refractivity contribution in [3.8, 4) is 0 Å². The smallest absolute Gasteiger partial charge is 0.264 e. The van der Waals surface area contributed by atoms with Gasteiger partial charge in [0.15, 0.2) is 0 Å². The summed E-state index contributed by atoms with van der Waals surface area (Å²) in [5.41, 5.74) is 2.85. The van der Waals surface area contributed by atoms with Crippen molar-refractivity contribution in [1.82, 2.24) is 10.2 Å². The van der Waals surface area contributed by atoms with Gasteiger partial charge in [-0.1, -0.05) is 66.7 Å². The molecule has 1 saturated carbocycles. The molecule has 11 heteroatoms. The highest BCUT2D eigenvalue weighted by Gasteiger charge is 2.34. The molecule has 0 heterocycles. The largest absolute Gasteiger partial charge is 0.352 e. The summed E-state index contributed by atoms with van der Waals surface area (Å²) in [5, 5.41) is 4.18. The standard InChI is InChI=1S/C32H36Cl3N3O4S/c1-4-30(32(40)36-25-7-5-6-8-25)37(19-23-10-16-28(34)29(35)18-23)31(39)20-38(26-13-9-21(2)22(3)17-26)43(41,42)27-14-11-24(33)12-15-27/h9-18,25,30H,4-8,19-20H2,1-3H3,(H,36,40)/t30-/m0/s1. The number of benzene rings is 3. The Morgan fingerprint density at radius 3 is 2.19 bits per heavy atom. The number of hydrogen-bond donors (Lipinski definition) is 1. The number of carbonyl (C=O) groups is 2. The summed E-state index contributed by atoms with van der Waals surface area (Å²) in [4.78, 5) is 29.3. The van der Waals surface area contributed by atoms with Gasteiger partial charge in [-0.15, -0.1) is 0 Å². The van der Waals surface area contributed by atoms with Crippen LogP contribution in [0.4, 0.5) is 5.69 Å². The second-order valence-electron chi connectivity index (χ2n) is 10.9. The predicted octanol–water partition coefficient (Wildman–Crippen LogP) is 7.33.